The number of carbonyl (C=O) groups is 2. The minimum Gasteiger partial charge on any atom is -0.478 e. The molecule has 0 saturated carbocycles. The lowest BCUT2D eigenvalue weighted by Gasteiger charge is -2.08. The first-order valence-corrected chi connectivity index (χ1v) is 4.41. The van der Waals surface area contributed by atoms with Crippen molar-refractivity contribution in [2.45, 2.75) is 6.18 Å². The molecule has 8 heteroatoms. The molecule has 0 saturated heterocycles. The van der Waals surface area contributed by atoms with E-state index in [4.69, 9.17) is 10.4 Å². The Hall–Kier alpha value is -2.56. The van der Waals surface area contributed by atoms with Gasteiger partial charge in [0, 0.05) is 5.69 Å². The number of carboxylic acids is 1. The maximum atomic E-state index is 12.0. The molecule has 0 aliphatic rings. The summed E-state index contributed by atoms with van der Waals surface area (Å²) in [6.45, 7) is 0. The molecule has 0 aromatic heterocycles. The zero-order chi connectivity index (χ0) is 13.9. The van der Waals surface area contributed by atoms with E-state index in [9.17, 15) is 22.8 Å². The molecule has 0 spiro atoms. The molecule has 0 bridgehead atoms. The van der Waals surface area contributed by atoms with E-state index in [0.29, 0.717) is 0 Å². The highest BCUT2D eigenvalue weighted by molar-refractivity contribution is 5.96. The Labute approximate surface area is 98.4 Å². The van der Waals surface area contributed by atoms with Gasteiger partial charge < -0.3 is 10.4 Å². The van der Waals surface area contributed by atoms with Crippen LogP contribution in [0.25, 0.3) is 0 Å². The van der Waals surface area contributed by atoms with Crippen molar-refractivity contribution in [1.29, 1.82) is 5.26 Å². The third-order valence-corrected chi connectivity index (χ3v) is 1.89. The normalized spacial score (nSPS) is 10.6. The van der Waals surface area contributed by atoms with Gasteiger partial charge in [-0.25, -0.2) is 4.79 Å². The summed E-state index contributed by atoms with van der Waals surface area (Å²) in [5, 5.41) is 18.8. The van der Waals surface area contributed by atoms with Crippen LogP contribution in [0, 0.1) is 11.3 Å². The fraction of sp³-hybridized carbons (Fsp3) is 0.100. The summed E-state index contributed by atoms with van der Waals surface area (Å²) in [6.07, 6.45) is -5.06. The van der Waals surface area contributed by atoms with Crippen LogP contribution in [0.1, 0.15) is 15.9 Å². The van der Waals surface area contributed by atoms with Gasteiger partial charge in [0.2, 0.25) is 0 Å². The van der Waals surface area contributed by atoms with Crippen molar-refractivity contribution in [3.63, 3.8) is 0 Å². The number of alkyl halides is 3. The third-order valence-electron chi connectivity index (χ3n) is 1.89. The van der Waals surface area contributed by atoms with Gasteiger partial charge in [0.05, 0.1) is 11.1 Å². The molecule has 0 fully saturated rings. The Morgan fingerprint density at radius 3 is 2.39 bits per heavy atom. The Kier molecular flexibility index (Phi) is 3.56. The lowest BCUT2D eigenvalue weighted by atomic mass is 10.1. The first-order valence-electron chi connectivity index (χ1n) is 4.41. The predicted molar refractivity (Wildman–Crippen MR) is 52.8 cm³/mol. The standard InChI is InChI=1S/C10H5F3N2O3/c11-10(12,13)9(18)15-6-1-2-7(8(16)17)5(3-6)4-14/h1-3H,(H,15,18)(H,16,17). The summed E-state index contributed by atoms with van der Waals surface area (Å²) in [7, 11) is 0. The van der Waals surface area contributed by atoms with Crippen molar-refractivity contribution in [1.82, 2.24) is 0 Å². The number of hydrogen-bond acceptors (Lipinski definition) is 3. The molecule has 1 aromatic carbocycles. The molecule has 0 aliphatic carbocycles. The molecule has 18 heavy (non-hydrogen) atoms. The number of nitrogens with zero attached hydrogens (tertiary/aromatic N) is 1. The average Bonchev–Trinajstić information content (AvgIpc) is 2.27. The van der Waals surface area contributed by atoms with Crippen LogP contribution in [-0.4, -0.2) is 23.2 Å². The van der Waals surface area contributed by atoms with Gasteiger partial charge in [-0.05, 0) is 18.2 Å². The summed E-state index contributed by atoms with van der Waals surface area (Å²) in [5.74, 6) is -3.59. The van der Waals surface area contributed by atoms with Crippen molar-refractivity contribution in [2.75, 3.05) is 5.32 Å². The van der Waals surface area contributed by atoms with Crippen molar-refractivity contribution >= 4 is 17.6 Å². The smallest absolute Gasteiger partial charge is 0.471 e. The second-order valence-electron chi connectivity index (χ2n) is 3.13. The number of carboxylic acid groups (broad SMARTS) is 1. The van der Waals surface area contributed by atoms with Crippen molar-refractivity contribution < 1.29 is 27.9 Å². The number of aromatic carboxylic acids is 1. The Balaban J connectivity index is 3.05. The number of carbonyl (C=O) groups excluding carboxylic acids is 1. The van der Waals surface area contributed by atoms with E-state index in [1.807, 2.05) is 0 Å². The number of hydrogen-bond donors (Lipinski definition) is 2. The van der Waals surface area contributed by atoms with Crippen LogP contribution < -0.4 is 5.32 Å². The van der Waals surface area contributed by atoms with Gasteiger partial charge in [-0.15, -0.1) is 0 Å². The average molecular weight is 258 g/mol. The Bertz CT molecular complexity index is 546. The zero-order valence-corrected chi connectivity index (χ0v) is 8.58. The number of rotatable bonds is 2. The van der Waals surface area contributed by atoms with E-state index in [-0.39, 0.29) is 16.8 Å². The van der Waals surface area contributed by atoms with E-state index in [1.165, 1.54) is 11.4 Å². The summed E-state index contributed by atoms with van der Waals surface area (Å²) in [4.78, 5) is 21.3. The molecule has 0 unspecified atom stereocenters. The monoisotopic (exact) mass is 258 g/mol. The number of halogens is 3. The quantitative estimate of drug-likeness (QED) is 0.845. The summed E-state index contributed by atoms with van der Waals surface area (Å²) in [5.41, 5.74) is -1.01. The van der Waals surface area contributed by atoms with Crippen LogP contribution >= 0.6 is 0 Å². The van der Waals surface area contributed by atoms with Crippen LogP contribution in [0.5, 0.6) is 0 Å². The molecule has 0 atom stereocenters. The van der Waals surface area contributed by atoms with E-state index < -0.39 is 18.1 Å². The first-order chi connectivity index (χ1) is 8.25. The molecule has 1 amide bonds. The molecular formula is C10H5F3N2O3. The number of amides is 1. The Morgan fingerprint density at radius 2 is 1.94 bits per heavy atom. The minimum atomic E-state index is -5.06. The molecule has 1 rings (SSSR count). The van der Waals surface area contributed by atoms with Gasteiger partial charge >= 0.3 is 18.1 Å². The third kappa shape index (κ3) is 2.98. The van der Waals surface area contributed by atoms with Crippen LogP contribution in [0.2, 0.25) is 0 Å². The molecule has 2 N–H and O–H groups in total. The van der Waals surface area contributed by atoms with E-state index in [1.54, 1.807) is 0 Å². The van der Waals surface area contributed by atoms with Crippen molar-refractivity contribution in [2.24, 2.45) is 0 Å². The summed E-state index contributed by atoms with van der Waals surface area (Å²) < 4.78 is 35.9. The summed E-state index contributed by atoms with van der Waals surface area (Å²) in [6, 6.07) is 4.27. The predicted octanol–water partition coefficient (Wildman–Crippen LogP) is 1.76. The topological polar surface area (TPSA) is 90.2 Å². The van der Waals surface area contributed by atoms with Crippen molar-refractivity contribution in [3.8, 4) is 6.07 Å². The first kappa shape index (κ1) is 13.5. The van der Waals surface area contributed by atoms with Gasteiger partial charge in [-0.3, -0.25) is 4.79 Å². The van der Waals surface area contributed by atoms with Crippen LogP contribution in [0.15, 0.2) is 18.2 Å². The van der Waals surface area contributed by atoms with Gasteiger partial charge in [0.1, 0.15) is 6.07 Å². The number of nitrogens with one attached hydrogen (secondary N) is 1. The fourth-order valence-electron chi connectivity index (χ4n) is 1.10. The molecule has 0 aliphatic heterocycles. The number of nitriles is 1. The van der Waals surface area contributed by atoms with Crippen LogP contribution in [0.3, 0.4) is 0 Å². The largest absolute Gasteiger partial charge is 0.478 e. The second-order valence-corrected chi connectivity index (χ2v) is 3.13. The maximum Gasteiger partial charge on any atom is 0.471 e. The lowest BCUT2D eigenvalue weighted by Crippen LogP contribution is -2.29. The SMILES string of the molecule is N#Cc1cc(NC(=O)C(F)(F)F)ccc1C(=O)O. The van der Waals surface area contributed by atoms with E-state index in [2.05, 4.69) is 0 Å². The molecule has 94 valence electrons. The fourth-order valence-corrected chi connectivity index (χ4v) is 1.10. The van der Waals surface area contributed by atoms with Crippen LogP contribution in [-0.2, 0) is 4.79 Å². The van der Waals surface area contributed by atoms with Gasteiger partial charge in [0.15, 0.2) is 0 Å². The molecule has 1 aromatic rings. The van der Waals surface area contributed by atoms with Crippen molar-refractivity contribution in [3.05, 3.63) is 29.3 Å². The number of benzene rings is 1. The molecule has 0 heterocycles. The molecule has 0 radical (unpaired) electrons. The minimum absolute atomic E-state index is 0.307. The maximum absolute atomic E-state index is 12.0. The highest BCUT2D eigenvalue weighted by Gasteiger charge is 2.38. The molecule has 5 nitrogen and oxygen atoms in total. The lowest BCUT2D eigenvalue weighted by molar-refractivity contribution is -0.167. The van der Waals surface area contributed by atoms with E-state index >= 15 is 0 Å². The van der Waals surface area contributed by atoms with E-state index in [0.717, 1.165) is 18.2 Å². The Morgan fingerprint density at radius 1 is 1.33 bits per heavy atom. The second kappa shape index (κ2) is 4.75. The van der Waals surface area contributed by atoms with Gasteiger partial charge in [-0.2, -0.15) is 18.4 Å². The highest BCUT2D eigenvalue weighted by Crippen LogP contribution is 2.20. The van der Waals surface area contributed by atoms with Gasteiger partial charge in [0.25, 0.3) is 0 Å². The zero-order valence-electron chi connectivity index (χ0n) is 8.58. The van der Waals surface area contributed by atoms with Gasteiger partial charge in [-0.1, -0.05) is 0 Å². The number of anilines is 1. The summed E-state index contributed by atoms with van der Waals surface area (Å²) >= 11 is 0. The highest BCUT2D eigenvalue weighted by atomic mass is 19.4. The molecular weight excluding hydrogens is 253 g/mol. The van der Waals surface area contributed by atoms with Crippen LogP contribution in [0.4, 0.5) is 18.9 Å².